The summed E-state index contributed by atoms with van der Waals surface area (Å²) in [6.07, 6.45) is 0.0873. The Kier molecular flexibility index (Phi) is 7.06. The van der Waals surface area contributed by atoms with Gasteiger partial charge in [0.15, 0.2) is 17.1 Å². The van der Waals surface area contributed by atoms with Crippen LogP contribution in [-0.4, -0.2) is 62.5 Å². The van der Waals surface area contributed by atoms with Crippen molar-refractivity contribution in [3.8, 4) is 5.75 Å². The van der Waals surface area contributed by atoms with Gasteiger partial charge in [0.05, 0.1) is 17.8 Å². The van der Waals surface area contributed by atoms with Gasteiger partial charge in [-0.25, -0.2) is 4.39 Å². The lowest BCUT2D eigenvalue weighted by Crippen LogP contribution is -2.58. The Labute approximate surface area is 217 Å². The number of hydrogen-bond donors (Lipinski definition) is 7. The molecular weight excluding hydrogens is 501 g/mol. The number of ketones is 2. The molecule has 1 unspecified atom stereocenters. The van der Waals surface area contributed by atoms with Crippen LogP contribution in [0.1, 0.15) is 44.2 Å². The average Bonchev–Trinajstić information content (AvgIpc) is 2.82. The molecule has 0 radical (unpaired) electrons. The van der Waals surface area contributed by atoms with Crippen molar-refractivity contribution in [1.82, 2.24) is 5.32 Å². The number of aliphatic hydroxyl groups is 3. The molecule has 204 valence electrons. The number of hydrogen-bond acceptors (Lipinski definition) is 9. The summed E-state index contributed by atoms with van der Waals surface area (Å²) in [4.78, 5) is 49.9. The van der Waals surface area contributed by atoms with E-state index in [2.05, 4.69) is 10.6 Å². The lowest BCUT2D eigenvalue weighted by molar-refractivity contribution is -0.147. The topological polar surface area (TPSA) is 199 Å². The van der Waals surface area contributed by atoms with Gasteiger partial charge >= 0.3 is 0 Å². The predicted octanol–water partition coefficient (Wildman–Crippen LogP) is 1.14. The Balaban J connectivity index is 1.71. The molecule has 0 heterocycles. The van der Waals surface area contributed by atoms with Gasteiger partial charge in [-0.1, -0.05) is 13.8 Å². The molecule has 3 atom stereocenters. The van der Waals surface area contributed by atoms with Crippen molar-refractivity contribution < 1.29 is 44.0 Å². The van der Waals surface area contributed by atoms with Gasteiger partial charge in [0.2, 0.25) is 11.7 Å². The van der Waals surface area contributed by atoms with Gasteiger partial charge in [-0.15, -0.1) is 0 Å². The second-order valence-corrected chi connectivity index (χ2v) is 10.4. The normalized spacial score (nSPS) is 24.8. The summed E-state index contributed by atoms with van der Waals surface area (Å²) in [5, 5.41) is 49.1. The number of carbonyl (C=O) groups excluding carboxylic acids is 4. The van der Waals surface area contributed by atoms with E-state index in [4.69, 9.17) is 5.73 Å². The standard InChI is InChI=1S/C26H30FN3O8/c1-10(2)3-4-29-9-17(32)30-15-8-14(27)13-6-11-5-12-7-16(31)20(25(28)37)24(36)26(12,38)23(35)18(11)22(34)19(13)21(15)33/h8,10-12,29,33-34,36,38H,3-7,9H2,1-2H3,(H2,28,37)(H,30,32)/t11?,12-,26-/m0/s1. The monoisotopic (exact) mass is 531 g/mol. The third-order valence-electron chi connectivity index (χ3n) is 7.47. The fraction of sp³-hybridized carbons (Fsp3) is 0.462. The van der Waals surface area contributed by atoms with Gasteiger partial charge in [-0.05, 0) is 37.6 Å². The van der Waals surface area contributed by atoms with E-state index >= 15 is 4.39 Å². The first kappa shape index (κ1) is 27.3. The summed E-state index contributed by atoms with van der Waals surface area (Å²) < 4.78 is 15.2. The number of benzene rings is 1. The van der Waals surface area contributed by atoms with Gasteiger partial charge in [0.1, 0.15) is 22.9 Å². The number of Topliss-reactive ketones (excluding diaryl/α,β-unsaturated/α-hetero) is 2. The summed E-state index contributed by atoms with van der Waals surface area (Å²) >= 11 is 0. The minimum absolute atomic E-state index is 0.107. The van der Waals surface area contributed by atoms with Crippen molar-refractivity contribution >= 4 is 34.8 Å². The van der Waals surface area contributed by atoms with E-state index < -0.39 is 87.0 Å². The Bertz CT molecular complexity index is 1320. The molecular formula is C26H30FN3O8. The van der Waals surface area contributed by atoms with E-state index in [1.165, 1.54) is 0 Å². The number of phenols is 1. The molecule has 3 aliphatic carbocycles. The molecule has 0 aromatic heterocycles. The highest BCUT2D eigenvalue weighted by atomic mass is 19.1. The number of anilines is 1. The summed E-state index contributed by atoms with van der Waals surface area (Å²) in [5.74, 6) is -9.05. The molecule has 0 aliphatic heterocycles. The highest BCUT2D eigenvalue weighted by Gasteiger charge is 2.60. The van der Waals surface area contributed by atoms with Crippen LogP contribution in [-0.2, 0) is 25.6 Å². The van der Waals surface area contributed by atoms with Crippen LogP contribution in [0.2, 0.25) is 0 Å². The largest absolute Gasteiger partial charge is 0.508 e. The first-order valence-electron chi connectivity index (χ1n) is 12.3. The van der Waals surface area contributed by atoms with Gasteiger partial charge in [0, 0.05) is 29.5 Å². The molecule has 3 aliphatic rings. The number of nitrogens with one attached hydrogen (secondary N) is 2. The van der Waals surface area contributed by atoms with Crippen LogP contribution in [0.4, 0.5) is 10.1 Å². The zero-order chi connectivity index (χ0) is 28.1. The third kappa shape index (κ3) is 4.33. The van der Waals surface area contributed by atoms with Crippen LogP contribution in [0.5, 0.6) is 5.75 Å². The van der Waals surface area contributed by atoms with Crippen LogP contribution in [0, 0.1) is 23.6 Å². The molecule has 8 N–H and O–H groups in total. The van der Waals surface area contributed by atoms with E-state index in [-0.39, 0.29) is 30.6 Å². The Morgan fingerprint density at radius 1 is 1.21 bits per heavy atom. The van der Waals surface area contributed by atoms with Crippen LogP contribution < -0.4 is 16.4 Å². The second-order valence-electron chi connectivity index (χ2n) is 10.4. The quantitative estimate of drug-likeness (QED) is 0.153. The lowest BCUT2D eigenvalue weighted by Gasteiger charge is -2.46. The molecule has 38 heavy (non-hydrogen) atoms. The molecule has 0 saturated heterocycles. The number of fused-ring (bicyclic) bond motifs is 3. The molecule has 1 aromatic carbocycles. The van der Waals surface area contributed by atoms with Crippen molar-refractivity contribution in [1.29, 1.82) is 0 Å². The highest BCUT2D eigenvalue weighted by Crippen LogP contribution is 2.53. The molecule has 2 amide bonds. The summed E-state index contributed by atoms with van der Waals surface area (Å²) in [6.45, 7) is 4.51. The third-order valence-corrected chi connectivity index (χ3v) is 7.47. The molecule has 0 bridgehead atoms. The van der Waals surface area contributed by atoms with Gasteiger partial charge in [-0.2, -0.15) is 0 Å². The molecule has 11 nitrogen and oxygen atoms in total. The number of aliphatic hydroxyl groups excluding tert-OH is 2. The van der Waals surface area contributed by atoms with E-state index in [9.17, 15) is 39.6 Å². The number of aromatic hydroxyl groups is 1. The maximum atomic E-state index is 15.2. The minimum atomic E-state index is -2.71. The number of nitrogens with two attached hydrogens (primary N) is 1. The number of phenolic OH excluding ortho intramolecular Hbond substituents is 1. The van der Waals surface area contributed by atoms with Crippen molar-refractivity contribution in [2.45, 2.75) is 45.1 Å². The minimum Gasteiger partial charge on any atom is -0.508 e. The highest BCUT2D eigenvalue weighted by molar-refractivity contribution is 6.22. The van der Waals surface area contributed by atoms with E-state index in [0.29, 0.717) is 12.5 Å². The Hall–Kier alpha value is -3.77. The lowest BCUT2D eigenvalue weighted by atomic mass is 9.59. The summed E-state index contributed by atoms with van der Waals surface area (Å²) in [6, 6.07) is 0.914. The molecule has 1 saturated carbocycles. The zero-order valence-corrected chi connectivity index (χ0v) is 20.9. The van der Waals surface area contributed by atoms with E-state index in [1.807, 2.05) is 13.8 Å². The van der Waals surface area contributed by atoms with Gasteiger partial charge in [0.25, 0.3) is 5.91 Å². The first-order chi connectivity index (χ1) is 17.8. The molecule has 4 rings (SSSR count). The maximum absolute atomic E-state index is 15.2. The number of halogens is 1. The number of rotatable bonds is 7. The second kappa shape index (κ2) is 9.84. The molecule has 0 spiro atoms. The SMILES string of the molecule is CC(C)CCNCC(=O)Nc1cc(F)c2c(c1O)C(O)=C1C(=O)[C@]3(O)C(O)=C(C(N)=O)C(=O)C[C@@H]3CC1C2. The van der Waals surface area contributed by atoms with Crippen LogP contribution >= 0.6 is 0 Å². The van der Waals surface area contributed by atoms with E-state index in [1.54, 1.807) is 0 Å². The predicted molar refractivity (Wildman–Crippen MR) is 132 cm³/mol. The van der Waals surface area contributed by atoms with Crippen molar-refractivity contribution in [2.75, 3.05) is 18.4 Å². The smallest absolute Gasteiger partial charge is 0.255 e. The summed E-state index contributed by atoms with van der Waals surface area (Å²) in [7, 11) is 0. The Morgan fingerprint density at radius 3 is 2.53 bits per heavy atom. The van der Waals surface area contributed by atoms with Crippen molar-refractivity contribution in [3.05, 3.63) is 39.9 Å². The maximum Gasteiger partial charge on any atom is 0.255 e. The molecule has 12 heteroatoms. The average molecular weight is 532 g/mol. The van der Waals surface area contributed by atoms with Crippen LogP contribution in [0.3, 0.4) is 0 Å². The molecule has 1 fully saturated rings. The van der Waals surface area contributed by atoms with Gasteiger partial charge in [-0.3, -0.25) is 19.2 Å². The van der Waals surface area contributed by atoms with Crippen molar-refractivity contribution in [3.63, 3.8) is 0 Å². The number of amides is 2. The van der Waals surface area contributed by atoms with Crippen molar-refractivity contribution in [2.24, 2.45) is 23.5 Å². The zero-order valence-electron chi connectivity index (χ0n) is 20.9. The van der Waals surface area contributed by atoms with Crippen LogP contribution in [0.25, 0.3) is 5.76 Å². The van der Waals surface area contributed by atoms with Gasteiger partial charge < -0.3 is 36.8 Å². The number of carbonyl (C=O) groups is 4. The summed E-state index contributed by atoms with van der Waals surface area (Å²) in [5.41, 5.74) is 0.294. The fourth-order valence-corrected chi connectivity index (χ4v) is 5.53. The van der Waals surface area contributed by atoms with E-state index in [0.717, 1.165) is 12.5 Å². The first-order valence-corrected chi connectivity index (χ1v) is 12.3. The Morgan fingerprint density at radius 2 is 1.89 bits per heavy atom. The number of primary amides is 1. The molecule has 1 aromatic rings. The van der Waals surface area contributed by atoms with Crippen LogP contribution in [0.15, 0.2) is 23.0 Å². The fourth-order valence-electron chi connectivity index (χ4n) is 5.53.